The first-order chi connectivity index (χ1) is 18.1. The molecule has 1 aromatic carbocycles. The van der Waals surface area contributed by atoms with Crippen LogP contribution in [0.1, 0.15) is 37.7 Å². The third-order valence-electron chi connectivity index (χ3n) is 5.69. The molecule has 3 N–H and O–H groups in total. The molecule has 0 radical (unpaired) electrons. The van der Waals surface area contributed by atoms with Gasteiger partial charge in [0.25, 0.3) is 0 Å². The van der Waals surface area contributed by atoms with E-state index in [0.717, 1.165) is 37.8 Å². The summed E-state index contributed by atoms with van der Waals surface area (Å²) in [6.45, 7) is 4.65. The van der Waals surface area contributed by atoms with Crippen molar-refractivity contribution in [2.45, 2.75) is 50.5 Å². The van der Waals surface area contributed by atoms with Crippen LogP contribution < -0.4 is 20.6 Å². The number of hydrogen-bond acceptors (Lipinski definition) is 6. The molecule has 1 saturated heterocycles. The number of carboxylic acid groups (broad SMARTS) is 1. The summed E-state index contributed by atoms with van der Waals surface area (Å²) in [5, 5.41) is 14.2. The number of carbonyl (C=O) groups excluding carboxylic acids is 4. The van der Waals surface area contributed by atoms with Gasteiger partial charge in [0, 0.05) is 19.3 Å². The van der Waals surface area contributed by atoms with E-state index in [1.807, 2.05) is 18.2 Å². The molecule has 2 amide bonds. The molecule has 8 nitrogen and oxygen atoms in total. The number of carboxylic acids is 1. The van der Waals surface area contributed by atoms with E-state index in [1.165, 1.54) is 17.4 Å². The molecule has 1 heterocycles. The number of ketones is 1. The summed E-state index contributed by atoms with van der Waals surface area (Å²) in [4.78, 5) is 45.0. The molecule has 0 aromatic heterocycles. The van der Waals surface area contributed by atoms with Gasteiger partial charge in [0.2, 0.25) is 17.6 Å². The van der Waals surface area contributed by atoms with E-state index in [9.17, 15) is 40.7 Å². The van der Waals surface area contributed by atoms with E-state index in [4.69, 9.17) is 9.90 Å². The molecule has 0 aliphatic carbocycles. The van der Waals surface area contributed by atoms with Gasteiger partial charge in [0.05, 0.1) is 31.9 Å². The summed E-state index contributed by atoms with van der Waals surface area (Å²) in [6.07, 6.45) is -8.20. The number of amides is 2. The number of rotatable bonds is 12. The summed E-state index contributed by atoms with van der Waals surface area (Å²) >= 11 is 0.877. The van der Waals surface area contributed by atoms with Gasteiger partial charge in [0.15, 0.2) is 0 Å². The summed E-state index contributed by atoms with van der Waals surface area (Å²) in [7, 11) is 0. The number of carbonyl (C=O) groups is 4. The number of hydrogen-bond donors (Lipinski definition) is 3. The average molecular weight is 588 g/mol. The Labute approximate surface area is 225 Å². The van der Waals surface area contributed by atoms with Crippen LogP contribution in [0.15, 0.2) is 30.3 Å². The largest absolute Gasteiger partial charge is 0.542 e. The van der Waals surface area contributed by atoms with Gasteiger partial charge in [-0.1, -0.05) is 30.3 Å². The lowest BCUT2D eigenvalue weighted by atomic mass is 9.99. The molecule has 1 aromatic rings. The Bertz CT molecular complexity index is 946. The van der Waals surface area contributed by atoms with Crippen LogP contribution >= 0.6 is 11.8 Å². The molecule has 0 spiro atoms. The SMILES string of the molecule is CC(=O)N[C@@H](CCCSCC(=O)C(F)(F)F)C(=O)NCC[NH+]1CCC(c2ccccc2)C1.O=C([O-])C(F)(F)F. The molecule has 15 heteroatoms. The zero-order valence-corrected chi connectivity index (χ0v) is 21.9. The highest BCUT2D eigenvalue weighted by Gasteiger charge is 2.37. The van der Waals surface area contributed by atoms with Crippen LogP contribution in [0.2, 0.25) is 0 Å². The molecule has 220 valence electrons. The highest BCUT2D eigenvalue weighted by molar-refractivity contribution is 7.99. The van der Waals surface area contributed by atoms with Gasteiger partial charge < -0.3 is 25.4 Å². The van der Waals surface area contributed by atoms with Gasteiger partial charge in [-0.15, -0.1) is 0 Å². The molecule has 0 bridgehead atoms. The summed E-state index contributed by atoms with van der Waals surface area (Å²) in [5.41, 5.74) is 1.34. The summed E-state index contributed by atoms with van der Waals surface area (Å²) in [6, 6.07) is 9.64. The number of alkyl halides is 6. The van der Waals surface area contributed by atoms with Crippen molar-refractivity contribution in [2.75, 3.05) is 37.7 Å². The number of aliphatic carboxylic acids is 1. The minimum Gasteiger partial charge on any atom is -0.542 e. The molecule has 39 heavy (non-hydrogen) atoms. The highest BCUT2D eigenvalue weighted by atomic mass is 32.2. The Balaban J connectivity index is 0.000000956. The molecular formula is C24H31F6N3O5S. The first kappa shape index (κ1) is 34.2. The molecule has 1 aliphatic rings. The minimum absolute atomic E-state index is 0.296. The number of Topliss-reactive ketones (excluding diaryl/α,β-unsaturated/α-hetero) is 1. The highest BCUT2D eigenvalue weighted by Crippen LogP contribution is 2.20. The summed E-state index contributed by atoms with van der Waals surface area (Å²) < 4.78 is 68.2. The second-order valence-electron chi connectivity index (χ2n) is 8.80. The van der Waals surface area contributed by atoms with Crippen LogP contribution in [0.25, 0.3) is 0 Å². The zero-order valence-electron chi connectivity index (χ0n) is 21.1. The third kappa shape index (κ3) is 14.2. The second kappa shape index (κ2) is 16.3. The standard InChI is InChI=1S/C22H30F3N3O3S.C2HF3O2/c1-16(29)27-19(8-5-13-32-15-20(30)22(23,24)25)21(31)26-10-12-28-11-9-18(14-28)17-6-3-2-4-7-17;3-2(4,5)1(6)7/h2-4,6-7,18-19H,5,8-15H2,1H3,(H,26,31)(H,27,29);(H,6,7)/t18?,19-;/m0./s1. The molecule has 1 fully saturated rings. The van der Waals surface area contributed by atoms with Crippen molar-refractivity contribution < 1.29 is 55.5 Å². The molecule has 0 saturated carbocycles. The Morgan fingerprint density at radius 1 is 1.08 bits per heavy atom. The number of likely N-dealkylation sites (tertiary alicyclic amines) is 1. The van der Waals surface area contributed by atoms with Gasteiger partial charge >= 0.3 is 12.4 Å². The number of halogens is 6. The van der Waals surface area contributed by atoms with Gasteiger partial charge in [-0.05, 0) is 24.2 Å². The van der Waals surface area contributed by atoms with E-state index in [0.29, 0.717) is 31.1 Å². The second-order valence-corrected chi connectivity index (χ2v) is 9.90. The van der Waals surface area contributed by atoms with Crippen LogP contribution in [-0.2, 0) is 19.2 Å². The number of quaternary nitrogens is 1. The van der Waals surface area contributed by atoms with Crippen molar-refractivity contribution in [3.05, 3.63) is 35.9 Å². The Morgan fingerprint density at radius 2 is 1.69 bits per heavy atom. The van der Waals surface area contributed by atoms with Crippen molar-refractivity contribution in [3.8, 4) is 0 Å². The van der Waals surface area contributed by atoms with Gasteiger partial charge in [-0.3, -0.25) is 14.4 Å². The molecule has 2 unspecified atom stereocenters. The quantitative estimate of drug-likeness (QED) is 0.244. The van der Waals surface area contributed by atoms with Crippen LogP contribution in [0, 0.1) is 0 Å². The van der Waals surface area contributed by atoms with Gasteiger partial charge in [-0.25, -0.2) is 0 Å². The monoisotopic (exact) mass is 587 g/mol. The fourth-order valence-corrected chi connectivity index (χ4v) is 4.67. The van der Waals surface area contributed by atoms with Crippen molar-refractivity contribution in [1.82, 2.24) is 10.6 Å². The van der Waals surface area contributed by atoms with Crippen molar-refractivity contribution >= 4 is 35.3 Å². The molecule has 1 aliphatic heterocycles. The smallest absolute Gasteiger partial charge is 0.450 e. The molecule has 3 atom stereocenters. The summed E-state index contributed by atoms with van der Waals surface area (Å²) in [5.74, 6) is -5.23. The van der Waals surface area contributed by atoms with E-state index < -0.39 is 35.9 Å². The number of thioether (sulfide) groups is 1. The van der Waals surface area contributed by atoms with Gasteiger partial charge in [-0.2, -0.15) is 38.1 Å². The van der Waals surface area contributed by atoms with Gasteiger partial charge in [0.1, 0.15) is 12.0 Å². The lowest BCUT2D eigenvalue weighted by molar-refractivity contribution is -0.886. The van der Waals surface area contributed by atoms with Crippen LogP contribution in [0.3, 0.4) is 0 Å². The number of nitrogens with one attached hydrogen (secondary N) is 3. The Hall–Kier alpha value is -2.81. The first-order valence-corrected chi connectivity index (χ1v) is 13.2. The van der Waals surface area contributed by atoms with Crippen molar-refractivity contribution in [1.29, 1.82) is 0 Å². The Morgan fingerprint density at radius 3 is 2.23 bits per heavy atom. The van der Waals surface area contributed by atoms with Crippen molar-refractivity contribution in [3.63, 3.8) is 0 Å². The van der Waals surface area contributed by atoms with E-state index in [2.05, 4.69) is 22.8 Å². The van der Waals surface area contributed by atoms with Crippen LogP contribution in [-0.4, -0.2) is 79.6 Å². The maximum atomic E-state index is 12.5. The minimum atomic E-state index is -5.19. The fraction of sp³-hybridized carbons (Fsp3) is 0.583. The fourth-order valence-electron chi connectivity index (χ4n) is 3.80. The topological polar surface area (TPSA) is 120 Å². The first-order valence-electron chi connectivity index (χ1n) is 12.0. The average Bonchev–Trinajstić information content (AvgIpc) is 3.31. The maximum Gasteiger partial charge on any atom is 0.450 e. The third-order valence-corrected chi connectivity index (χ3v) is 6.73. The normalized spacial score (nSPS) is 17.9. The zero-order chi connectivity index (χ0) is 29.6. The van der Waals surface area contributed by atoms with Crippen molar-refractivity contribution in [2.24, 2.45) is 0 Å². The lowest BCUT2D eigenvalue weighted by Gasteiger charge is -2.19. The predicted molar refractivity (Wildman–Crippen MR) is 129 cm³/mol. The maximum absolute atomic E-state index is 12.5. The Kier molecular flexibility index (Phi) is 14.3. The molecule has 2 rings (SSSR count). The van der Waals surface area contributed by atoms with Crippen LogP contribution in [0.5, 0.6) is 0 Å². The molecular weight excluding hydrogens is 556 g/mol. The van der Waals surface area contributed by atoms with E-state index in [1.54, 1.807) is 0 Å². The predicted octanol–water partition coefficient (Wildman–Crippen LogP) is 0.623. The van der Waals surface area contributed by atoms with E-state index in [-0.39, 0.29) is 11.8 Å². The number of benzene rings is 1. The van der Waals surface area contributed by atoms with E-state index >= 15 is 0 Å². The lowest BCUT2D eigenvalue weighted by Crippen LogP contribution is -3.11. The van der Waals surface area contributed by atoms with Crippen LogP contribution in [0.4, 0.5) is 26.3 Å².